The van der Waals surface area contributed by atoms with Gasteiger partial charge >= 0.3 is 0 Å². The molecule has 2 aromatic carbocycles. The molecule has 0 aliphatic rings. The number of nitrogens with zero attached hydrogens (tertiary/aromatic N) is 1. The van der Waals surface area contributed by atoms with Crippen molar-refractivity contribution >= 4 is 16.9 Å². The molecule has 6 heteroatoms. The van der Waals surface area contributed by atoms with Crippen LogP contribution in [0.4, 0.5) is 0 Å². The number of fused-ring (bicyclic) bond motifs is 1. The Hall–Kier alpha value is -3.02. The van der Waals surface area contributed by atoms with Gasteiger partial charge in [-0.1, -0.05) is 19.1 Å². The van der Waals surface area contributed by atoms with Gasteiger partial charge in [0, 0.05) is 13.0 Å². The topological polar surface area (TPSA) is 76.2 Å². The number of imidazole rings is 1. The van der Waals surface area contributed by atoms with E-state index in [4.69, 9.17) is 9.47 Å². The number of ether oxygens (including phenoxy) is 2. The number of carbonyl (C=O) groups is 1. The molecule has 3 aromatic rings. The van der Waals surface area contributed by atoms with Crippen LogP contribution in [-0.4, -0.2) is 35.6 Å². The zero-order valence-corrected chi connectivity index (χ0v) is 14.8. The number of nitrogens with one attached hydrogen (secondary N) is 2. The van der Waals surface area contributed by atoms with Crippen molar-refractivity contribution in [3.8, 4) is 11.5 Å². The van der Waals surface area contributed by atoms with E-state index in [1.807, 2.05) is 36.4 Å². The third-order valence-corrected chi connectivity index (χ3v) is 3.79. The number of benzene rings is 2. The van der Waals surface area contributed by atoms with Crippen LogP contribution in [0.1, 0.15) is 19.2 Å². The highest BCUT2D eigenvalue weighted by Crippen LogP contribution is 2.17. The van der Waals surface area contributed by atoms with Gasteiger partial charge < -0.3 is 19.8 Å². The van der Waals surface area contributed by atoms with Crippen molar-refractivity contribution in [1.29, 1.82) is 0 Å². The molecule has 0 spiro atoms. The van der Waals surface area contributed by atoms with E-state index in [0.717, 1.165) is 29.0 Å². The van der Waals surface area contributed by atoms with Crippen LogP contribution in [0.5, 0.6) is 11.5 Å². The maximum atomic E-state index is 11.9. The van der Waals surface area contributed by atoms with Crippen LogP contribution in [0, 0.1) is 0 Å². The van der Waals surface area contributed by atoms with Crippen molar-refractivity contribution in [2.45, 2.75) is 19.8 Å². The van der Waals surface area contributed by atoms with Gasteiger partial charge in [-0.15, -0.1) is 0 Å². The lowest BCUT2D eigenvalue weighted by molar-refractivity contribution is -0.123. The molecule has 0 aliphatic heterocycles. The Balaban J connectivity index is 1.38. The second-order valence-corrected chi connectivity index (χ2v) is 5.91. The number of hydrogen-bond donors (Lipinski definition) is 2. The molecule has 26 heavy (non-hydrogen) atoms. The molecule has 1 amide bonds. The van der Waals surface area contributed by atoms with Crippen molar-refractivity contribution in [3.63, 3.8) is 0 Å². The molecule has 2 N–H and O–H groups in total. The number of para-hydroxylation sites is 2. The molecule has 1 heterocycles. The van der Waals surface area contributed by atoms with E-state index < -0.39 is 0 Å². The molecule has 0 radical (unpaired) electrons. The van der Waals surface area contributed by atoms with E-state index in [0.29, 0.717) is 25.3 Å². The first-order valence-electron chi connectivity index (χ1n) is 8.80. The highest BCUT2D eigenvalue weighted by atomic mass is 16.5. The first-order valence-corrected chi connectivity index (χ1v) is 8.80. The minimum Gasteiger partial charge on any atom is -0.494 e. The Morgan fingerprint density at radius 2 is 1.81 bits per heavy atom. The Kier molecular flexibility index (Phi) is 6.09. The quantitative estimate of drug-likeness (QED) is 0.620. The lowest BCUT2D eigenvalue weighted by atomic mass is 10.3. The summed E-state index contributed by atoms with van der Waals surface area (Å²) in [5.74, 6) is 2.14. The van der Waals surface area contributed by atoms with Gasteiger partial charge in [0.25, 0.3) is 5.91 Å². The predicted molar refractivity (Wildman–Crippen MR) is 101 cm³/mol. The number of aromatic amines is 1. The monoisotopic (exact) mass is 353 g/mol. The summed E-state index contributed by atoms with van der Waals surface area (Å²) in [6.07, 6.45) is 1.61. The maximum absolute atomic E-state index is 11.9. The summed E-state index contributed by atoms with van der Waals surface area (Å²) in [5, 5.41) is 2.84. The Morgan fingerprint density at radius 3 is 2.54 bits per heavy atom. The smallest absolute Gasteiger partial charge is 0.257 e. The largest absolute Gasteiger partial charge is 0.494 e. The molecule has 0 unspecified atom stereocenters. The first kappa shape index (κ1) is 17.8. The van der Waals surface area contributed by atoms with Crippen molar-refractivity contribution in [1.82, 2.24) is 15.3 Å². The Bertz CT molecular complexity index is 810. The number of hydrogen-bond acceptors (Lipinski definition) is 4. The van der Waals surface area contributed by atoms with E-state index in [1.165, 1.54) is 0 Å². The summed E-state index contributed by atoms with van der Waals surface area (Å²) in [4.78, 5) is 19.6. The molecular weight excluding hydrogens is 330 g/mol. The second kappa shape index (κ2) is 8.89. The van der Waals surface area contributed by atoms with E-state index in [-0.39, 0.29) is 12.5 Å². The highest BCUT2D eigenvalue weighted by Gasteiger charge is 2.05. The van der Waals surface area contributed by atoms with Gasteiger partial charge in [0.05, 0.1) is 17.6 Å². The molecule has 0 aliphatic carbocycles. The molecule has 0 saturated carbocycles. The van der Waals surface area contributed by atoms with Crippen molar-refractivity contribution in [2.24, 2.45) is 0 Å². The fourth-order valence-electron chi connectivity index (χ4n) is 2.50. The fraction of sp³-hybridized carbons (Fsp3) is 0.300. The van der Waals surface area contributed by atoms with Crippen LogP contribution in [0.3, 0.4) is 0 Å². The Labute approximate surface area is 152 Å². The first-order chi connectivity index (χ1) is 12.7. The minimum absolute atomic E-state index is 0.0186. The van der Waals surface area contributed by atoms with Crippen LogP contribution < -0.4 is 14.8 Å². The summed E-state index contributed by atoms with van der Waals surface area (Å²) < 4.78 is 11.0. The third-order valence-electron chi connectivity index (χ3n) is 3.79. The van der Waals surface area contributed by atoms with Gasteiger partial charge in [-0.2, -0.15) is 0 Å². The average molecular weight is 353 g/mol. The number of aromatic nitrogens is 2. The van der Waals surface area contributed by atoms with Gasteiger partial charge in [0.2, 0.25) is 0 Å². The summed E-state index contributed by atoms with van der Waals surface area (Å²) in [6, 6.07) is 15.1. The second-order valence-electron chi connectivity index (χ2n) is 5.91. The molecule has 0 bridgehead atoms. The predicted octanol–water partition coefficient (Wildman–Crippen LogP) is 3.09. The molecule has 3 rings (SSSR count). The fourth-order valence-corrected chi connectivity index (χ4v) is 2.50. The van der Waals surface area contributed by atoms with E-state index in [1.54, 1.807) is 12.1 Å². The summed E-state index contributed by atoms with van der Waals surface area (Å²) in [5.41, 5.74) is 1.94. The molecule has 6 nitrogen and oxygen atoms in total. The lowest BCUT2D eigenvalue weighted by Gasteiger charge is -2.08. The van der Waals surface area contributed by atoms with Crippen molar-refractivity contribution in [2.75, 3.05) is 19.8 Å². The van der Waals surface area contributed by atoms with Crippen molar-refractivity contribution in [3.05, 3.63) is 54.4 Å². The summed E-state index contributed by atoms with van der Waals surface area (Å²) in [6.45, 7) is 3.24. The Morgan fingerprint density at radius 1 is 1.08 bits per heavy atom. The van der Waals surface area contributed by atoms with Gasteiger partial charge in [0.1, 0.15) is 17.3 Å². The molecule has 136 valence electrons. The molecule has 0 saturated heterocycles. The number of H-pyrrole nitrogens is 1. The van der Waals surface area contributed by atoms with E-state index >= 15 is 0 Å². The van der Waals surface area contributed by atoms with Crippen LogP contribution in [0.25, 0.3) is 11.0 Å². The van der Waals surface area contributed by atoms with E-state index in [9.17, 15) is 4.79 Å². The minimum atomic E-state index is -0.160. The number of carbonyl (C=O) groups excluding carboxylic acids is 1. The summed E-state index contributed by atoms with van der Waals surface area (Å²) >= 11 is 0. The van der Waals surface area contributed by atoms with Gasteiger partial charge in [-0.3, -0.25) is 4.79 Å². The lowest BCUT2D eigenvalue weighted by Crippen LogP contribution is -2.30. The van der Waals surface area contributed by atoms with Gasteiger partial charge in [-0.05, 0) is 42.8 Å². The number of amides is 1. The van der Waals surface area contributed by atoms with Gasteiger partial charge in [0.15, 0.2) is 6.61 Å². The zero-order valence-electron chi connectivity index (χ0n) is 14.8. The third kappa shape index (κ3) is 4.99. The van der Waals surface area contributed by atoms with Crippen LogP contribution >= 0.6 is 0 Å². The number of rotatable bonds is 9. The summed E-state index contributed by atoms with van der Waals surface area (Å²) in [7, 11) is 0. The standard InChI is InChI=1S/C20H23N3O3/c1-2-13-25-15-7-9-16(10-8-15)26-14-20(24)21-12-11-19-22-17-5-3-4-6-18(17)23-19/h3-10H,2,11-14H2,1H3,(H,21,24)(H,22,23). The average Bonchev–Trinajstić information content (AvgIpc) is 3.08. The SMILES string of the molecule is CCCOc1ccc(OCC(=O)NCCc2nc3ccccc3[nH]2)cc1. The molecule has 0 atom stereocenters. The molecular formula is C20H23N3O3. The van der Waals surface area contributed by atoms with Crippen molar-refractivity contribution < 1.29 is 14.3 Å². The molecule has 1 aromatic heterocycles. The molecule has 0 fully saturated rings. The van der Waals surface area contributed by atoms with E-state index in [2.05, 4.69) is 22.2 Å². The van der Waals surface area contributed by atoms with Crippen LogP contribution in [0.15, 0.2) is 48.5 Å². The van der Waals surface area contributed by atoms with Crippen LogP contribution in [-0.2, 0) is 11.2 Å². The highest BCUT2D eigenvalue weighted by molar-refractivity contribution is 5.77. The zero-order chi connectivity index (χ0) is 18.2. The maximum Gasteiger partial charge on any atom is 0.257 e. The van der Waals surface area contributed by atoms with Gasteiger partial charge in [-0.25, -0.2) is 4.98 Å². The normalized spacial score (nSPS) is 10.7. The van der Waals surface area contributed by atoms with Crippen LogP contribution in [0.2, 0.25) is 0 Å².